The van der Waals surface area contributed by atoms with Gasteiger partial charge in [-0.25, -0.2) is 4.79 Å². The molecule has 0 fully saturated rings. The van der Waals surface area contributed by atoms with Crippen LogP contribution in [0.25, 0.3) is 0 Å². The minimum Gasteiger partial charge on any atom is -0.472 e. The van der Waals surface area contributed by atoms with Crippen molar-refractivity contribution in [2.45, 2.75) is 52.7 Å². The van der Waals surface area contributed by atoms with Crippen molar-refractivity contribution < 1.29 is 23.6 Å². The molecular formula is C16H22N4O5. The molecule has 9 heteroatoms. The van der Waals surface area contributed by atoms with Gasteiger partial charge in [0.25, 0.3) is 5.91 Å². The van der Waals surface area contributed by atoms with Crippen LogP contribution in [-0.4, -0.2) is 33.3 Å². The van der Waals surface area contributed by atoms with Gasteiger partial charge in [-0.1, -0.05) is 18.5 Å². The summed E-state index contributed by atoms with van der Waals surface area (Å²) in [6.45, 7) is 5.54. The lowest BCUT2D eigenvalue weighted by atomic mass is 10.1. The van der Waals surface area contributed by atoms with E-state index in [4.69, 9.17) is 19.7 Å². The normalized spacial score (nSPS) is 12.0. The fraction of sp³-hybridized carbons (Fsp3) is 0.500. The zero-order chi connectivity index (χ0) is 18.4. The van der Waals surface area contributed by atoms with Crippen LogP contribution in [0, 0.1) is 6.92 Å². The number of amides is 1. The van der Waals surface area contributed by atoms with Gasteiger partial charge in [0.2, 0.25) is 5.88 Å². The maximum Gasteiger partial charge on any atom is 0.357 e. The number of hydrogen-bond acceptors (Lipinski definition) is 7. The largest absolute Gasteiger partial charge is 0.472 e. The van der Waals surface area contributed by atoms with E-state index in [0.29, 0.717) is 5.76 Å². The number of esters is 1. The standard InChI is InChI=1S/C16H22N4O5/c1-4-5-6-12-11(9(2)25-20-12)8-23-14-7-13(18-19-14)16(22)24-10(3)15(17)21/h7,10H,4-6,8H2,1-3H3,(H2,17,21)(H,18,19)/t10-/m1/s1. The molecule has 3 N–H and O–H groups in total. The molecule has 1 atom stereocenters. The average molecular weight is 350 g/mol. The maximum atomic E-state index is 11.9. The van der Waals surface area contributed by atoms with Gasteiger partial charge in [0, 0.05) is 6.07 Å². The molecule has 0 saturated heterocycles. The molecular weight excluding hydrogens is 328 g/mol. The summed E-state index contributed by atoms with van der Waals surface area (Å²) in [5.41, 5.74) is 6.86. The number of aromatic amines is 1. The highest BCUT2D eigenvalue weighted by atomic mass is 16.5. The molecule has 0 radical (unpaired) electrons. The average Bonchev–Trinajstić information content (AvgIpc) is 3.18. The van der Waals surface area contributed by atoms with E-state index in [1.807, 2.05) is 6.92 Å². The Morgan fingerprint density at radius 3 is 2.88 bits per heavy atom. The van der Waals surface area contributed by atoms with Crippen LogP contribution in [0.3, 0.4) is 0 Å². The van der Waals surface area contributed by atoms with Gasteiger partial charge in [-0.15, -0.1) is 5.10 Å². The number of nitrogens with one attached hydrogen (secondary N) is 1. The summed E-state index contributed by atoms with van der Waals surface area (Å²) in [5.74, 6) is -0.553. The van der Waals surface area contributed by atoms with Crippen LogP contribution < -0.4 is 10.5 Å². The third-order valence-electron chi connectivity index (χ3n) is 3.66. The zero-order valence-corrected chi connectivity index (χ0v) is 14.5. The van der Waals surface area contributed by atoms with Crippen molar-refractivity contribution in [3.8, 4) is 5.88 Å². The molecule has 9 nitrogen and oxygen atoms in total. The van der Waals surface area contributed by atoms with Gasteiger partial charge in [-0.05, 0) is 26.7 Å². The number of aromatic nitrogens is 3. The van der Waals surface area contributed by atoms with Crippen LogP contribution >= 0.6 is 0 Å². The number of unbranched alkanes of at least 4 members (excludes halogenated alkanes) is 1. The Hall–Kier alpha value is -2.84. The summed E-state index contributed by atoms with van der Waals surface area (Å²) in [7, 11) is 0. The Balaban J connectivity index is 1.97. The van der Waals surface area contributed by atoms with Crippen molar-refractivity contribution in [3.63, 3.8) is 0 Å². The number of carbonyl (C=O) groups excluding carboxylic acids is 2. The van der Waals surface area contributed by atoms with Crippen molar-refractivity contribution in [1.29, 1.82) is 0 Å². The number of aryl methyl sites for hydroxylation is 2. The summed E-state index contributed by atoms with van der Waals surface area (Å²) in [5, 5.41) is 10.4. The van der Waals surface area contributed by atoms with E-state index in [-0.39, 0.29) is 18.2 Å². The van der Waals surface area contributed by atoms with Crippen LogP contribution in [0.15, 0.2) is 10.6 Å². The summed E-state index contributed by atoms with van der Waals surface area (Å²) in [4.78, 5) is 22.8. The second kappa shape index (κ2) is 8.32. The molecule has 2 heterocycles. The Labute approximate surface area is 144 Å². The van der Waals surface area contributed by atoms with Gasteiger partial charge in [-0.2, -0.15) is 0 Å². The lowest BCUT2D eigenvalue weighted by Gasteiger charge is -2.07. The van der Waals surface area contributed by atoms with Crippen molar-refractivity contribution in [2.75, 3.05) is 0 Å². The molecule has 1 amide bonds. The van der Waals surface area contributed by atoms with Gasteiger partial charge in [0.1, 0.15) is 18.1 Å². The van der Waals surface area contributed by atoms with Crippen molar-refractivity contribution >= 4 is 11.9 Å². The lowest BCUT2D eigenvalue weighted by Crippen LogP contribution is -2.30. The molecule has 2 rings (SSSR count). The number of H-pyrrole nitrogens is 1. The number of hydrogen-bond donors (Lipinski definition) is 2. The van der Waals surface area contributed by atoms with E-state index in [0.717, 1.165) is 30.5 Å². The molecule has 0 unspecified atom stereocenters. The van der Waals surface area contributed by atoms with E-state index < -0.39 is 18.0 Å². The SMILES string of the molecule is CCCCc1noc(C)c1COc1cc(C(=O)O[C@H](C)C(N)=O)[nH]n1. The molecule has 0 aromatic carbocycles. The van der Waals surface area contributed by atoms with Gasteiger partial charge < -0.3 is 19.7 Å². The highest BCUT2D eigenvalue weighted by molar-refractivity contribution is 5.90. The first-order valence-corrected chi connectivity index (χ1v) is 8.04. The second-order valence-electron chi connectivity index (χ2n) is 5.63. The Bertz CT molecular complexity index is 737. The van der Waals surface area contributed by atoms with Gasteiger partial charge >= 0.3 is 5.97 Å². The van der Waals surface area contributed by atoms with E-state index in [9.17, 15) is 9.59 Å². The first kappa shape index (κ1) is 18.5. The van der Waals surface area contributed by atoms with Gasteiger partial charge in [0.15, 0.2) is 6.10 Å². The molecule has 25 heavy (non-hydrogen) atoms. The third-order valence-corrected chi connectivity index (χ3v) is 3.66. The zero-order valence-electron chi connectivity index (χ0n) is 14.5. The van der Waals surface area contributed by atoms with E-state index >= 15 is 0 Å². The van der Waals surface area contributed by atoms with Crippen LogP contribution in [0.1, 0.15) is 54.2 Å². The molecule has 2 aromatic rings. The number of nitrogens with two attached hydrogens (primary N) is 1. The highest BCUT2D eigenvalue weighted by Crippen LogP contribution is 2.19. The summed E-state index contributed by atoms with van der Waals surface area (Å²) in [6, 6.07) is 1.39. The molecule has 2 aromatic heterocycles. The number of primary amides is 1. The van der Waals surface area contributed by atoms with E-state index in [1.165, 1.54) is 13.0 Å². The summed E-state index contributed by atoms with van der Waals surface area (Å²) in [6.07, 6.45) is 1.85. The molecule has 0 aliphatic rings. The molecule has 0 saturated carbocycles. The Morgan fingerprint density at radius 2 is 2.20 bits per heavy atom. The lowest BCUT2D eigenvalue weighted by molar-refractivity contribution is -0.125. The van der Waals surface area contributed by atoms with Crippen LogP contribution in [0.5, 0.6) is 5.88 Å². The first-order valence-electron chi connectivity index (χ1n) is 8.04. The quantitative estimate of drug-likeness (QED) is 0.657. The van der Waals surface area contributed by atoms with Crippen LogP contribution in [0.4, 0.5) is 0 Å². The number of rotatable bonds is 9. The Kier molecular flexibility index (Phi) is 6.15. The van der Waals surface area contributed by atoms with Crippen molar-refractivity contribution in [1.82, 2.24) is 15.4 Å². The molecule has 136 valence electrons. The summed E-state index contributed by atoms with van der Waals surface area (Å²) < 4.78 is 15.7. The van der Waals surface area contributed by atoms with Crippen LogP contribution in [-0.2, 0) is 22.6 Å². The topological polar surface area (TPSA) is 133 Å². The smallest absolute Gasteiger partial charge is 0.357 e. The molecule has 0 aliphatic heterocycles. The summed E-state index contributed by atoms with van der Waals surface area (Å²) >= 11 is 0. The fourth-order valence-electron chi connectivity index (χ4n) is 2.07. The van der Waals surface area contributed by atoms with Crippen LogP contribution in [0.2, 0.25) is 0 Å². The van der Waals surface area contributed by atoms with Gasteiger partial charge in [0.05, 0.1) is 11.3 Å². The van der Waals surface area contributed by atoms with Crippen molar-refractivity contribution in [3.05, 3.63) is 28.8 Å². The minimum absolute atomic E-state index is 0.0661. The first-order chi connectivity index (χ1) is 11.9. The van der Waals surface area contributed by atoms with Gasteiger partial charge in [-0.3, -0.25) is 9.89 Å². The van der Waals surface area contributed by atoms with Crippen molar-refractivity contribution in [2.24, 2.45) is 5.73 Å². The number of ether oxygens (including phenoxy) is 2. The van der Waals surface area contributed by atoms with E-state index in [1.54, 1.807) is 0 Å². The maximum absolute atomic E-state index is 11.9. The predicted octanol–water partition coefficient (Wildman–Crippen LogP) is 1.66. The minimum atomic E-state index is -1.03. The Morgan fingerprint density at radius 1 is 1.44 bits per heavy atom. The monoisotopic (exact) mass is 350 g/mol. The second-order valence-corrected chi connectivity index (χ2v) is 5.63. The predicted molar refractivity (Wildman–Crippen MR) is 86.8 cm³/mol. The molecule has 0 bridgehead atoms. The molecule has 0 spiro atoms. The number of nitrogens with zero attached hydrogens (tertiary/aromatic N) is 2. The third kappa shape index (κ3) is 4.82. The number of carbonyl (C=O) groups is 2. The highest BCUT2D eigenvalue weighted by Gasteiger charge is 2.19. The fourth-order valence-corrected chi connectivity index (χ4v) is 2.07. The molecule has 0 aliphatic carbocycles. The van der Waals surface area contributed by atoms with E-state index in [2.05, 4.69) is 22.3 Å².